The highest BCUT2D eigenvalue weighted by molar-refractivity contribution is 5.90. The van der Waals surface area contributed by atoms with Crippen molar-refractivity contribution in [2.45, 2.75) is 26.3 Å². The summed E-state index contributed by atoms with van der Waals surface area (Å²) >= 11 is 0. The van der Waals surface area contributed by atoms with Crippen molar-refractivity contribution in [3.8, 4) is 11.5 Å². The van der Waals surface area contributed by atoms with E-state index in [0.29, 0.717) is 10.2 Å². The highest BCUT2D eigenvalue weighted by Gasteiger charge is 2.40. The van der Waals surface area contributed by atoms with E-state index in [9.17, 15) is 28.1 Å². The molecular weight excluding hydrogens is 397 g/mol. The number of nitro benzene ring substituents is 1. The number of carbonyl (C=O) groups excluding carboxylic acids is 1. The van der Waals surface area contributed by atoms with E-state index in [1.54, 1.807) is 0 Å². The van der Waals surface area contributed by atoms with Gasteiger partial charge in [-0.25, -0.2) is 9.78 Å². The molecule has 3 aromatic rings. The number of benzene rings is 1. The van der Waals surface area contributed by atoms with Crippen LogP contribution in [0, 0.1) is 10.1 Å². The predicted octanol–water partition coefficient (Wildman–Crippen LogP) is 3.84. The Hall–Kier alpha value is -3.70. The Labute approximate surface area is 160 Å². The zero-order chi connectivity index (χ0) is 21.2. The summed E-state index contributed by atoms with van der Waals surface area (Å²) in [7, 11) is 0. The van der Waals surface area contributed by atoms with Crippen molar-refractivity contribution in [2.75, 3.05) is 0 Å². The van der Waals surface area contributed by atoms with Gasteiger partial charge in [0.05, 0.1) is 17.3 Å². The molecule has 2 aromatic heterocycles. The summed E-state index contributed by atoms with van der Waals surface area (Å²) in [5.41, 5.74) is -1.55. The van der Waals surface area contributed by atoms with Crippen LogP contribution in [0.5, 0.6) is 0 Å². The maximum Gasteiger partial charge on any atom is 0.433 e. The average molecular weight is 410 g/mol. The summed E-state index contributed by atoms with van der Waals surface area (Å²) in [4.78, 5) is 26.2. The van der Waals surface area contributed by atoms with Crippen molar-refractivity contribution in [3.05, 3.63) is 63.8 Å². The summed E-state index contributed by atoms with van der Waals surface area (Å²) in [6, 6.07) is 5.38. The maximum absolute atomic E-state index is 13.2. The van der Waals surface area contributed by atoms with Crippen LogP contribution in [0.4, 0.5) is 18.9 Å². The van der Waals surface area contributed by atoms with Gasteiger partial charge in [0.1, 0.15) is 5.56 Å². The lowest BCUT2D eigenvalue weighted by Crippen LogP contribution is -2.18. The molecule has 2 heterocycles. The number of esters is 1. The molecule has 1 aromatic carbocycles. The fourth-order valence-electron chi connectivity index (χ4n) is 2.52. The standard InChI is InChI=1S/C17H13F3N4O5/c1-2-23-14(17(18,19)20)13(8-22-23)16(25)28-9-12-7-21-15(29-12)10-3-5-11(6-4-10)24(26)27/h3-8H,2,9H2,1H3. The van der Waals surface area contributed by atoms with Crippen molar-refractivity contribution in [1.29, 1.82) is 0 Å². The van der Waals surface area contributed by atoms with Gasteiger partial charge in [-0.2, -0.15) is 18.3 Å². The Kier molecular flexibility index (Phi) is 5.35. The third kappa shape index (κ3) is 4.25. The number of hydrogen-bond donors (Lipinski definition) is 0. The number of oxazole rings is 1. The Bertz CT molecular complexity index is 1040. The van der Waals surface area contributed by atoms with Gasteiger partial charge < -0.3 is 9.15 Å². The number of carbonyl (C=O) groups is 1. The fraction of sp³-hybridized carbons (Fsp3) is 0.235. The highest BCUT2D eigenvalue weighted by atomic mass is 19.4. The third-order valence-corrected chi connectivity index (χ3v) is 3.85. The average Bonchev–Trinajstić information content (AvgIpc) is 3.33. The summed E-state index contributed by atoms with van der Waals surface area (Å²) in [6.45, 7) is 0.946. The van der Waals surface area contributed by atoms with Crippen molar-refractivity contribution in [2.24, 2.45) is 0 Å². The first-order valence-corrected chi connectivity index (χ1v) is 8.20. The zero-order valence-corrected chi connectivity index (χ0v) is 14.8. The van der Waals surface area contributed by atoms with Crippen molar-refractivity contribution >= 4 is 11.7 Å². The second-order valence-corrected chi connectivity index (χ2v) is 5.73. The Morgan fingerprint density at radius 1 is 1.28 bits per heavy atom. The Morgan fingerprint density at radius 3 is 2.55 bits per heavy atom. The van der Waals surface area contributed by atoms with E-state index in [0.717, 1.165) is 6.20 Å². The van der Waals surface area contributed by atoms with E-state index in [4.69, 9.17) is 9.15 Å². The first-order chi connectivity index (χ1) is 13.7. The van der Waals surface area contributed by atoms with Crippen LogP contribution < -0.4 is 0 Å². The molecule has 12 heteroatoms. The summed E-state index contributed by atoms with van der Waals surface area (Å²) in [5.74, 6) is -1.01. The molecule has 0 saturated heterocycles. The molecule has 0 aliphatic rings. The minimum Gasteiger partial charge on any atom is -0.454 e. The molecule has 0 aliphatic heterocycles. The molecule has 0 N–H and O–H groups in total. The number of nitro groups is 1. The first-order valence-electron chi connectivity index (χ1n) is 8.20. The number of alkyl halides is 3. The van der Waals surface area contributed by atoms with Gasteiger partial charge in [0.25, 0.3) is 5.69 Å². The number of nitrogens with zero attached hydrogens (tertiary/aromatic N) is 4. The topological polar surface area (TPSA) is 113 Å². The zero-order valence-electron chi connectivity index (χ0n) is 14.8. The highest BCUT2D eigenvalue weighted by Crippen LogP contribution is 2.32. The van der Waals surface area contributed by atoms with Crippen LogP contribution in [0.25, 0.3) is 11.5 Å². The van der Waals surface area contributed by atoms with Crippen LogP contribution in [0.15, 0.2) is 41.1 Å². The molecule has 0 radical (unpaired) electrons. The molecule has 0 amide bonds. The van der Waals surface area contributed by atoms with E-state index < -0.39 is 34.9 Å². The molecule has 29 heavy (non-hydrogen) atoms. The van der Waals surface area contributed by atoms with Gasteiger partial charge in [-0.15, -0.1) is 0 Å². The quantitative estimate of drug-likeness (QED) is 0.345. The number of non-ortho nitro benzene ring substituents is 1. The van der Waals surface area contributed by atoms with E-state index in [1.807, 2.05) is 0 Å². The maximum atomic E-state index is 13.2. The van der Waals surface area contributed by atoms with Gasteiger partial charge in [0, 0.05) is 24.2 Å². The van der Waals surface area contributed by atoms with E-state index >= 15 is 0 Å². The lowest BCUT2D eigenvalue weighted by molar-refractivity contribution is -0.384. The van der Waals surface area contributed by atoms with E-state index in [1.165, 1.54) is 37.4 Å². The normalized spacial score (nSPS) is 11.4. The lowest BCUT2D eigenvalue weighted by atomic mass is 10.2. The minimum absolute atomic E-state index is 0.0666. The monoisotopic (exact) mass is 410 g/mol. The van der Waals surface area contributed by atoms with E-state index in [2.05, 4.69) is 10.1 Å². The van der Waals surface area contributed by atoms with Gasteiger partial charge in [0.2, 0.25) is 5.89 Å². The van der Waals surface area contributed by atoms with Crippen LogP contribution in [-0.4, -0.2) is 25.7 Å². The molecule has 0 unspecified atom stereocenters. The molecule has 3 rings (SSSR count). The number of aromatic nitrogens is 3. The van der Waals surface area contributed by atoms with Crippen LogP contribution in [0.1, 0.15) is 28.7 Å². The van der Waals surface area contributed by atoms with Crippen LogP contribution >= 0.6 is 0 Å². The second kappa shape index (κ2) is 7.73. The Balaban J connectivity index is 1.71. The number of hydrogen-bond acceptors (Lipinski definition) is 7. The number of halogens is 3. The van der Waals surface area contributed by atoms with Gasteiger partial charge in [-0.1, -0.05) is 0 Å². The summed E-state index contributed by atoms with van der Waals surface area (Å²) in [5, 5.41) is 14.2. The van der Waals surface area contributed by atoms with Crippen molar-refractivity contribution < 1.29 is 32.0 Å². The lowest BCUT2D eigenvalue weighted by Gasteiger charge is -2.10. The molecule has 0 fully saturated rings. The smallest absolute Gasteiger partial charge is 0.433 e. The van der Waals surface area contributed by atoms with Crippen molar-refractivity contribution in [1.82, 2.24) is 14.8 Å². The fourth-order valence-corrected chi connectivity index (χ4v) is 2.52. The van der Waals surface area contributed by atoms with E-state index in [-0.39, 0.29) is 23.9 Å². The second-order valence-electron chi connectivity index (χ2n) is 5.73. The van der Waals surface area contributed by atoms with Gasteiger partial charge >= 0.3 is 12.1 Å². The number of aryl methyl sites for hydroxylation is 1. The van der Waals surface area contributed by atoms with Crippen LogP contribution in [0.2, 0.25) is 0 Å². The molecule has 0 spiro atoms. The summed E-state index contributed by atoms with van der Waals surface area (Å²) < 4.78 is 50.5. The first kappa shape index (κ1) is 20.0. The number of ether oxygens (including phenoxy) is 1. The molecule has 0 saturated carbocycles. The molecule has 152 valence electrons. The molecule has 0 atom stereocenters. The minimum atomic E-state index is -4.77. The van der Waals surface area contributed by atoms with Crippen LogP contribution in [0.3, 0.4) is 0 Å². The predicted molar refractivity (Wildman–Crippen MR) is 90.6 cm³/mol. The molecule has 0 aliphatic carbocycles. The summed E-state index contributed by atoms with van der Waals surface area (Å²) in [6.07, 6.45) is -2.72. The van der Waals surface area contributed by atoms with Crippen molar-refractivity contribution in [3.63, 3.8) is 0 Å². The van der Waals surface area contributed by atoms with Gasteiger partial charge in [0.15, 0.2) is 18.1 Å². The van der Waals surface area contributed by atoms with Gasteiger partial charge in [-0.3, -0.25) is 14.8 Å². The Morgan fingerprint density at radius 2 is 1.97 bits per heavy atom. The molecular formula is C17H13F3N4O5. The van der Waals surface area contributed by atoms with Gasteiger partial charge in [-0.05, 0) is 19.1 Å². The number of rotatable bonds is 6. The molecule has 9 nitrogen and oxygen atoms in total. The largest absolute Gasteiger partial charge is 0.454 e. The van der Waals surface area contributed by atoms with Crippen LogP contribution in [-0.2, 0) is 24.1 Å². The molecule has 0 bridgehead atoms. The SMILES string of the molecule is CCn1ncc(C(=O)OCc2cnc(-c3ccc([N+](=O)[O-])cc3)o2)c1C(F)(F)F. The third-order valence-electron chi connectivity index (χ3n) is 3.85.